The van der Waals surface area contributed by atoms with E-state index in [1.54, 1.807) is 0 Å². The van der Waals surface area contributed by atoms with Crippen molar-refractivity contribution >= 4 is 0 Å². The molecule has 5 aromatic carbocycles. The van der Waals surface area contributed by atoms with Crippen LogP contribution in [0.2, 0.25) is 0 Å². The highest BCUT2D eigenvalue weighted by atomic mass is 15.0. The molecule has 0 atom stereocenters. The number of nitrogens with zero attached hydrogens (tertiary/aromatic N) is 4. The van der Waals surface area contributed by atoms with Crippen molar-refractivity contribution in [1.82, 2.24) is 15.0 Å². The van der Waals surface area contributed by atoms with Gasteiger partial charge in [-0.2, -0.15) is 5.26 Å². The zero-order valence-electron chi connectivity index (χ0n) is 26.9. The van der Waals surface area contributed by atoms with Crippen LogP contribution < -0.4 is 0 Å². The standard InChI is InChI=1S/C44H36N4/c45-28-29-9-11-35(12-10-29)38-7-4-8-39(24-38)43-47-41(36-15-13-34(14-16-36)33-5-2-1-3-6-33)46-42(48-43)37-17-19-40(20-18-37)44-25-30-21-31(26-44)23-32(22-30)27-44/h1-20,24,30-32H,21-23,25-27H2. The summed E-state index contributed by atoms with van der Waals surface area (Å²) < 4.78 is 0. The first-order valence-corrected chi connectivity index (χ1v) is 17.2. The van der Waals surface area contributed by atoms with Crippen molar-refractivity contribution in [2.75, 3.05) is 0 Å². The van der Waals surface area contributed by atoms with E-state index >= 15 is 0 Å². The summed E-state index contributed by atoms with van der Waals surface area (Å²) in [6.07, 6.45) is 8.41. The molecule has 6 aromatic rings. The molecular weight excluding hydrogens is 585 g/mol. The number of hydrogen-bond acceptors (Lipinski definition) is 4. The minimum atomic E-state index is 0.356. The minimum absolute atomic E-state index is 0.356. The molecule has 0 saturated heterocycles. The van der Waals surface area contributed by atoms with E-state index in [0.29, 0.717) is 28.5 Å². The normalized spacial score (nSPS) is 22.4. The monoisotopic (exact) mass is 620 g/mol. The van der Waals surface area contributed by atoms with E-state index in [9.17, 15) is 5.26 Å². The number of nitriles is 1. The van der Waals surface area contributed by atoms with Crippen molar-refractivity contribution in [3.05, 3.63) is 139 Å². The van der Waals surface area contributed by atoms with Crippen molar-refractivity contribution in [2.45, 2.75) is 43.9 Å². The van der Waals surface area contributed by atoms with Gasteiger partial charge in [0.25, 0.3) is 0 Å². The summed E-state index contributed by atoms with van der Waals surface area (Å²) >= 11 is 0. The lowest BCUT2D eigenvalue weighted by Gasteiger charge is -2.57. The van der Waals surface area contributed by atoms with Crippen LogP contribution >= 0.6 is 0 Å². The Morgan fingerprint density at radius 2 is 0.896 bits per heavy atom. The summed E-state index contributed by atoms with van der Waals surface area (Å²) in [5.74, 6) is 4.73. The Bertz CT molecular complexity index is 2110. The van der Waals surface area contributed by atoms with Gasteiger partial charge in [0.15, 0.2) is 17.5 Å². The largest absolute Gasteiger partial charge is 0.208 e. The van der Waals surface area contributed by atoms with E-state index in [1.165, 1.54) is 49.7 Å². The van der Waals surface area contributed by atoms with E-state index in [0.717, 1.165) is 51.1 Å². The number of benzene rings is 5. The summed E-state index contributed by atoms with van der Waals surface area (Å²) in [7, 11) is 0. The molecular formula is C44H36N4. The van der Waals surface area contributed by atoms with E-state index in [-0.39, 0.29) is 0 Å². The van der Waals surface area contributed by atoms with Gasteiger partial charge in [0.05, 0.1) is 11.6 Å². The quantitative estimate of drug-likeness (QED) is 0.186. The minimum Gasteiger partial charge on any atom is -0.208 e. The van der Waals surface area contributed by atoms with E-state index in [4.69, 9.17) is 15.0 Å². The molecule has 0 unspecified atom stereocenters. The Labute approximate surface area is 282 Å². The van der Waals surface area contributed by atoms with Crippen LogP contribution in [-0.4, -0.2) is 15.0 Å². The Balaban J connectivity index is 1.10. The average molecular weight is 621 g/mol. The summed E-state index contributed by atoms with van der Waals surface area (Å²) in [5, 5.41) is 9.26. The molecule has 4 heteroatoms. The molecule has 4 bridgehead atoms. The smallest absolute Gasteiger partial charge is 0.164 e. The Hall–Kier alpha value is -5.40. The molecule has 4 nitrogen and oxygen atoms in total. The SMILES string of the molecule is N#Cc1ccc(-c2cccc(-c3nc(-c4ccc(-c5ccccc5)cc4)nc(-c4ccc(C56CC7CC(CC(C7)C5)C6)cc4)n3)c2)cc1. The lowest BCUT2D eigenvalue weighted by atomic mass is 9.48. The van der Waals surface area contributed by atoms with E-state index < -0.39 is 0 Å². The molecule has 0 amide bonds. The summed E-state index contributed by atoms with van der Waals surface area (Å²) in [4.78, 5) is 15.2. The lowest BCUT2D eigenvalue weighted by molar-refractivity contribution is -0.00518. The molecule has 48 heavy (non-hydrogen) atoms. The second-order valence-electron chi connectivity index (χ2n) is 14.3. The van der Waals surface area contributed by atoms with Crippen LogP contribution in [0.1, 0.15) is 49.7 Å². The molecule has 4 aliphatic carbocycles. The third-order valence-electron chi connectivity index (χ3n) is 11.1. The fourth-order valence-corrected chi connectivity index (χ4v) is 9.22. The van der Waals surface area contributed by atoms with Crippen molar-refractivity contribution < 1.29 is 0 Å². The second kappa shape index (κ2) is 11.7. The van der Waals surface area contributed by atoms with E-state index in [1.807, 2.05) is 36.4 Å². The van der Waals surface area contributed by atoms with Gasteiger partial charge in [0.1, 0.15) is 0 Å². The van der Waals surface area contributed by atoms with Crippen LogP contribution in [0, 0.1) is 29.1 Å². The van der Waals surface area contributed by atoms with Crippen LogP contribution in [0.3, 0.4) is 0 Å². The number of aromatic nitrogens is 3. The maximum atomic E-state index is 9.26. The highest BCUT2D eigenvalue weighted by Gasteiger charge is 2.51. The number of hydrogen-bond donors (Lipinski definition) is 0. The molecule has 10 rings (SSSR count). The van der Waals surface area contributed by atoms with Gasteiger partial charge in [-0.15, -0.1) is 0 Å². The third-order valence-corrected chi connectivity index (χ3v) is 11.1. The third kappa shape index (κ3) is 5.30. The van der Waals surface area contributed by atoms with Gasteiger partial charge in [0, 0.05) is 16.7 Å². The highest BCUT2D eigenvalue weighted by Crippen LogP contribution is 2.60. The lowest BCUT2D eigenvalue weighted by Crippen LogP contribution is -2.48. The van der Waals surface area contributed by atoms with Gasteiger partial charge >= 0.3 is 0 Å². The first-order valence-electron chi connectivity index (χ1n) is 17.2. The molecule has 4 fully saturated rings. The molecule has 0 radical (unpaired) electrons. The zero-order valence-corrected chi connectivity index (χ0v) is 26.9. The molecule has 1 aromatic heterocycles. The predicted octanol–water partition coefficient (Wildman–Crippen LogP) is 10.5. The highest BCUT2D eigenvalue weighted by molar-refractivity contribution is 5.74. The number of rotatable bonds is 6. The van der Waals surface area contributed by atoms with Gasteiger partial charge in [-0.25, -0.2) is 15.0 Å². The van der Waals surface area contributed by atoms with Crippen LogP contribution in [0.4, 0.5) is 0 Å². The van der Waals surface area contributed by atoms with Crippen LogP contribution in [-0.2, 0) is 5.41 Å². The first kappa shape index (κ1) is 28.8. The van der Waals surface area contributed by atoms with Crippen LogP contribution in [0.15, 0.2) is 127 Å². The van der Waals surface area contributed by atoms with Gasteiger partial charge in [-0.05, 0) is 108 Å². The Morgan fingerprint density at radius 3 is 1.48 bits per heavy atom. The summed E-state index contributed by atoms with van der Waals surface area (Å²) in [6.45, 7) is 0. The van der Waals surface area contributed by atoms with E-state index in [2.05, 4.69) is 97.1 Å². The molecule has 4 aliphatic rings. The second-order valence-corrected chi connectivity index (χ2v) is 14.3. The van der Waals surface area contributed by atoms with Crippen molar-refractivity contribution in [1.29, 1.82) is 5.26 Å². The molecule has 0 aliphatic heterocycles. The van der Waals surface area contributed by atoms with Crippen LogP contribution in [0.5, 0.6) is 0 Å². The molecule has 0 spiro atoms. The predicted molar refractivity (Wildman–Crippen MR) is 192 cm³/mol. The Kier molecular flexibility index (Phi) is 7.01. The summed E-state index contributed by atoms with van der Waals surface area (Å²) in [5.41, 5.74) is 9.83. The van der Waals surface area contributed by atoms with Crippen molar-refractivity contribution in [2.24, 2.45) is 17.8 Å². The van der Waals surface area contributed by atoms with Crippen molar-refractivity contribution in [3.8, 4) is 62.5 Å². The average Bonchev–Trinajstić information content (AvgIpc) is 3.15. The zero-order chi connectivity index (χ0) is 32.1. The van der Waals surface area contributed by atoms with Gasteiger partial charge in [0.2, 0.25) is 0 Å². The maximum absolute atomic E-state index is 9.26. The van der Waals surface area contributed by atoms with Crippen molar-refractivity contribution in [3.63, 3.8) is 0 Å². The fourth-order valence-electron chi connectivity index (χ4n) is 9.22. The fraction of sp³-hybridized carbons (Fsp3) is 0.227. The van der Waals surface area contributed by atoms with Gasteiger partial charge in [-0.3, -0.25) is 0 Å². The van der Waals surface area contributed by atoms with Gasteiger partial charge in [-0.1, -0.05) is 109 Å². The molecule has 4 saturated carbocycles. The molecule has 232 valence electrons. The Morgan fingerprint density at radius 1 is 0.458 bits per heavy atom. The van der Waals surface area contributed by atoms with Crippen LogP contribution in [0.25, 0.3) is 56.4 Å². The van der Waals surface area contributed by atoms with Gasteiger partial charge < -0.3 is 0 Å². The first-order chi connectivity index (χ1) is 23.6. The molecule has 1 heterocycles. The maximum Gasteiger partial charge on any atom is 0.164 e. The summed E-state index contributed by atoms with van der Waals surface area (Å²) in [6, 6.07) is 46.3. The topological polar surface area (TPSA) is 62.5 Å². The molecule has 0 N–H and O–H groups in total.